The van der Waals surface area contributed by atoms with E-state index >= 15 is 0 Å². The highest BCUT2D eigenvalue weighted by molar-refractivity contribution is 6.20. The minimum Gasteiger partial charge on any atom is -0.406 e. The molecule has 5 heteroatoms. The molecule has 0 amide bonds. The third kappa shape index (κ3) is 1.77. The van der Waals surface area contributed by atoms with Gasteiger partial charge in [-0.3, -0.25) is 4.90 Å². The summed E-state index contributed by atoms with van der Waals surface area (Å²) < 4.78 is 5.63. The third-order valence-corrected chi connectivity index (χ3v) is 3.37. The van der Waals surface area contributed by atoms with Crippen molar-refractivity contribution in [3.63, 3.8) is 0 Å². The highest BCUT2D eigenvalue weighted by atomic mass is 35.5. The average Bonchev–Trinajstić information content (AvgIpc) is 2.91. The number of anilines is 2. The molecule has 1 aliphatic rings. The summed E-state index contributed by atoms with van der Waals surface area (Å²) in [7, 11) is 0. The van der Waals surface area contributed by atoms with Gasteiger partial charge in [0.15, 0.2) is 0 Å². The van der Waals surface area contributed by atoms with Crippen molar-refractivity contribution in [3.05, 3.63) is 35.7 Å². The van der Waals surface area contributed by atoms with E-state index in [1.807, 2.05) is 13.0 Å². The summed E-state index contributed by atoms with van der Waals surface area (Å²) >= 11 is 5.95. The van der Waals surface area contributed by atoms with Crippen LogP contribution in [0.2, 0.25) is 0 Å². The van der Waals surface area contributed by atoms with Crippen molar-refractivity contribution in [1.82, 2.24) is 10.2 Å². The van der Waals surface area contributed by atoms with Crippen molar-refractivity contribution in [2.24, 2.45) is 0 Å². The van der Waals surface area contributed by atoms with Crippen LogP contribution in [0.3, 0.4) is 0 Å². The molecule has 0 N–H and O–H groups in total. The monoisotopic (exact) mass is 263 g/mol. The number of hydrogen-bond acceptors (Lipinski definition) is 4. The fourth-order valence-corrected chi connectivity index (χ4v) is 2.43. The van der Waals surface area contributed by atoms with E-state index in [0.29, 0.717) is 17.9 Å². The van der Waals surface area contributed by atoms with Crippen LogP contribution < -0.4 is 4.90 Å². The molecule has 0 bridgehead atoms. The molecule has 4 nitrogen and oxygen atoms in total. The van der Waals surface area contributed by atoms with Crippen LogP contribution in [0.4, 0.5) is 11.7 Å². The van der Waals surface area contributed by atoms with Crippen LogP contribution in [0.25, 0.3) is 0 Å². The minimum absolute atomic E-state index is 0.264. The maximum atomic E-state index is 5.95. The molecular weight excluding hydrogens is 250 g/mol. The van der Waals surface area contributed by atoms with Crippen LogP contribution in [-0.4, -0.2) is 16.2 Å². The smallest absolute Gasteiger partial charge is 0.323 e. The summed E-state index contributed by atoms with van der Waals surface area (Å²) in [5.41, 5.74) is 2.45. The zero-order valence-corrected chi connectivity index (χ0v) is 11.1. The molecule has 3 rings (SSSR count). The van der Waals surface area contributed by atoms with Crippen molar-refractivity contribution in [2.45, 2.75) is 31.7 Å². The van der Waals surface area contributed by atoms with Gasteiger partial charge in [0.25, 0.3) is 0 Å². The zero-order valence-electron chi connectivity index (χ0n) is 10.3. The van der Waals surface area contributed by atoms with E-state index in [-0.39, 0.29) is 5.38 Å². The van der Waals surface area contributed by atoms with E-state index in [2.05, 4.69) is 40.2 Å². The first-order chi connectivity index (χ1) is 8.66. The predicted molar refractivity (Wildman–Crippen MR) is 70.3 cm³/mol. The van der Waals surface area contributed by atoms with Gasteiger partial charge in [0.05, 0.1) is 0 Å². The second kappa shape index (κ2) is 4.28. The van der Waals surface area contributed by atoms with E-state index in [0.717, 1.165) is 12.1 Å². The molecule has 1 aliphatic heterocycles. The van der Waals surface area contributed by atoms with Gasteiger partial charge in [-0.25, -0.2) is 0 Å². The van der Waals surface area contributed by atoms with Crippen LogP contribution in [0, 0.1) is 0 Å². The van der Waals surface area contributed by atoms with E-state index in [4.69, 9.17) is 16.0 Å². The molecule has 0 saturated carbocycles. The molecule has 1 aromatic heterocycles. The molecule has 2 atom stereocenters. The largest absolute Gasteiger partial charge is 0.406 e. The zero-order chi connectivity index (χ0) is 12.7. The first-order valence-electron chi connectivity index (χ1n) is 6.01. The Morgan fingerprint density at radius 1 is 1.39 bits per heavy atom. The van der Waals surface area contributed by atoms with E-state index in [1.54, 1.807) is 0 Å². The Kier molecular flexibility index (Phi) is 2.74. The SMILES string of the molecule is CC(Cl)c1nnc(N2c3ccccc3CC2C)o1. The fourth-order valence-electron chi connectivity index (χ4n) is 2.34. The molecule has 0 saturated heterocycles. The second-order valence-electron chi connectivity index (χ2n) is 4.59. The highest BCUT2D eigenvalue weighted by Gasteiger charge is 2.30. The number of para-hydroxylation sites is 1. The van der Waals surface area contributed by atoms with Crippen LogP contribution in [-0.2, 0) is 6.42 Å². The molecule has 2 unspecified atom stereocenters. The molecule has 94 valence electrons. The Labute approximate surface area is 111 Å². The Bertz CT molecular complexity index is 567. The van der Waals surface area contributed by atoms with Crippen molar-refractivity contribution in [1.29, 1.82) is 0 Å². The first kappa shape index (κ1) is 11.5. The number of benzene rings is 1. The van der Waals surface area contributed by atoms with Crippen molar-refractivity contribution in [3.8, 4) is 0 Å². The fraction of sp³-hybridized carbons (Fsp3) is 0.385. The molecule has 2 aromatic rings. The molecule has 1 aromatic carbocycles. The maximum absolute atomic E-state index is 5.95. The molecule has 2 heterocycles. The molecule has 18 heavy (non-hydrogen) atoms. The van der Waals surface area contributed by atoms with Crippen molar-refractivity contribution in [2.75, 3.05) is 4.90 Å². The second-order valence-corrected chi connectivity index (χ2v) is 5.25. The van der Waals surface area contributed by atoms with Gasteiger partial charge in [0.2, 0.25) is 5.89 Å². The van der Waals surface area contributed by atoms with Gasteiger partial charge < -0.3 is 4.42 Å². The number of rotatable bonds is 2. The Balaban J connectivity index is 2.01. The number of hydrogen-bond donors (Lipinski definition) is 0. The Hall–Kier alpha value is -1.55. The summed E-state index contributed by atoms with van der Waals surface area (Å²) in [6, 6.07) is 9.12. The van der Waals surface area contributed by atoms with Crippen molar-refractivity contribution >= 4 is 23.3 Å². The maximum Gasteiger partial charge on any atom is 0.323 e. The normalized spacial score (nSPS) is 19.9. The summed E-state index contributed by atoms with van der Waals surface area (Å²) in [4.78, 5) is 2.07. The van der Waals surface area contributed by atoms with E-state index in [1.165, 1.54) is 5.56 Å². The number of nitrogens with zero attached hydrogens (tertiary/aromatic N) is 3. The number of fused-ring (bicyclic) bond motifs is 1. The van der Waals surface area contributed by atoms with Crippen LogP contribution in [0.1, 0.15) is 30.7 Å². The summed E-state index contributed by atoms with van der Waals surface area (Å²) in [5.74, 6) is 0.461. The lowest BCUT2D eigenvalue weighted by Crippen LogP contribution is -2.24. The lowest BCUT2D eigenvalue weighted by Gasteiger charge is -2.19. The lowest BCUT2D eigenvalue weighted by atomic mass is 10.1. The number of alkyl halides is 1. The number of halogens is 1. The van der Waals surface area contributed by atoms with Gasteiger partial charge in [-0.15, -0.1) is 16.7 Å². The van der Waals surface area contributed by atoms with Gasteiger partial charge in [0.1, 0.15) is 5.38 Å². The topological polar surface area (TPSA) is 42.2 Å². The van der Waals surface area contributed by atoms with Gasteiger partial charge in [-0.1, -0.05) is 23.3 Å². The van der Waals surface area contributed by atoms with Gasteiger partial charge in [-0.2, -0.15) is 0 Å². The van der Waals surface area contributed by atoms with Gasteiger partial charge in [-0.05, 0) is 31.9 Å². The van der Waals surface area contributed by atoms with Crippen LogP contribution >= 0.6 is 11.6 Å². The van der Waals surface area contributed by atoms with Crippen LogP contribution in [0.5, 0.6) is 0 Å². The summed E-state index contributed by atoms with van der Waals surface area (Å²) in [6.45, 7) is 3.97. The first-order valence-corrected chi connectivity index (χ1v) is 6.45. The molecule has 0 fully saturated rings. The summed E-state index contributed by atoms with van der Waals surface area (Å²) in [6.07, 6.45) is 0.990. The standard InChI is InChI=1S/C13H14ClN3O/c1-8-7-10-5-3-4-6-11(10)17(8)13-16-15-12(18-13)9(2)14/h3-6,8-9H,7H2,1-2H3. The third-order valence-electron chi connectivity index (χ3n) is 3.18. The lowest BCUT2D eigenvalue weighted by molar-refractivity contribution is 0.487. The highest BCUT2D eigenvalue weighted by Crippen LogP contribution is 2.37. The average molecular weight is 264 g/mol. The van der Waals surface area contributed by atoms with Crippen molar-refractivity contribution < 1.29 is 4.42 Å². The van der Waals surface area contributed by atoms with Crippen LogP contribution in [0.15, 0.2) is 28.7 Å². The minimum atomic E-state index is -0.264. The van der Waals surface area contributed by atoms with E-state index < -0.39 is 0 Å². The number of aromatic nitrogens is 2. The summed E-state index contributed by atoms with van der Waals surface area (Å²) in [5, 5.41) is 7.81. The Morgan fingerprint density at radius 3 is 2.89 bits per heavy atom. The molecule has 0 spiro atoms. The predicted octanol–water partition coefficient (Wildman–Crippen LogP) is 3.45. The molecular formula is C13H14ClN3O. The Morgan fingerprint density at radius 2 is 2.17 bits per heavy atom. The quantitative estimate of drug-likeness (QED) is 0.779. The van der Waals surface area contributed by atoms with Gasteiger partial charge >= 0.3 is 6.01 Å². The molecule has 0 radical (unpaired) electrons. The van der Waals surface area contributed by atoms with Gasteiger partial charge in [0, 0.05) is 11.7 Å². The van der Waals surface area contributed by atoms with E-state index in [9.17, 15) is 0 Å². The molecule has 0 aliphatic carbocycles.